The molecule has 0 saturated heterocycles. The number of aromatic amines is 1. The maximum absolute atomic E-state index is 12.2. The van der Waals surface area contributed by atoms with E-state index in [4.69, 9.17) is 14.2 Å². The summed E-state index contributed by atoms with van der Waals surface area (Å²) in [6.45, 7) is 5.45. The van der Waals surface area contributed by atoms with Crippen LogP contribution in [0.5, 0.6) is 6.01 Å². The van der Waals surface area contributed by atoms with Gasteiger partial charge in [-0.25, -0.2) is 4.79 Å². The van der Waals surface area contributed by atoms with Gasteiger partial charge in [-0.15, -0.1) is 0 Å². The molecule has 1 unspecified atom stereocenters. The molecule has 0 fully saturated rings. The lowest BCUT2D eigenvalue weighted by molar-refractivity contribution is -0.165. The number of nitrogens with one attached hydrogen (secondary N) is 1. The minimum Gasteiger partial charge on any atom is -0.465 e. The van der Waals surface area contributed by atoms with Crippen LogP contribution in [-0.4, -0.2) is 34.8 Å². The van der Waals surface area contributed by atoms with Crippen molar-refractivity contribution >= 4 is 23.0 Å². The molecule has 0 bridgehead atoms. The molecular formula is C15H18N2O5. The molecule has 0 aliphatic carbocycles. The second-order valence-corrected chi connectivity index (χ2v) is 4.49. The van der Waals surface area contributed by atoms with Crippen LogP contribution in [0.2, 0.25) is 0 Å². The number of nitrogens with zero attached hydrogens (tertiary/aromatic N) is 1. The highest BCUT2D eigenvalue weighted by Crippen LogP contribution is 2.21. The van der Waals surface area contributed by atoms with Crippen molar-refractivity contribution in [3.8, 4) is 6.01 Å². The fourth-order valence-corrected chi connectivity index (χ4v) is 1.89. The molecule has 0 saturated carbocycles. The highest BCUT2D eigenvalue weighted by molar-refractivity contribution is 6.02. The summed E-state index contributed by atoms with van der Waals surface area (Å²) in [6.07, 6.45) is -0.741. The number of hydrogen-bond acceptors (Lipinski definition) is 6. The summed E-state index contributed by atoms with van der Waals surface area (Å²) in [4.78, 5) is 30.6. The molecule has 0 radical (unpaired) electrons. The number of para-hydroxylation sites is 1. The van der Waals surface area contributed by atoms with Gasteiger partial charge in [-0.3, -0.25) is 4.79 Å². The van der Waals surface area contributed by atoms with Gasteiger partial charge in [0.1, 0.15) is 5.52 Å². The summed E-state index contributed by atoms with van der Waals surface area (Å²) < 4.78 is 15.3. The second kappa shape index (κ2) is 6.93. The van der Waals surface area contributed by atoms with Crippen LogP contribution >= 0.6 is 0 Å². The number of imidazole rings is 1. The first-order valence-electron chi connectivity index (χ1n) is 7.07. The quantitative estimate of drug-likeness (QED) is 0.651. The molecule has 1 N–H and O–H groups in total. The van der Waals surface area contributed by atoms with Crippen LogP contribution in [-0.2, 0) is 14.3 Å². The molecule has 0 amide bonds. The lowest BCUT2D eigenvalue weighted by Crippen LogP contribution is -2.21. The summed E-state index contributed by atoms with van der Waals surface area (Å²) >= 11 is 0. The average molecular weight is 306 g/mol. The summed E-state index contributed by atoms with van der Waals surface area (Å²) in [5.41, 5.74) is 1.39. The first kappa shape index (κ1) is 15.8. The zero-order chi connectivity index (χ0) is 16.1. The fraction of sp³-hybridized carbons (Fsp3) is 0.400. The average Bonchev–Trinajstić information content (AvgIpc) is 2.89. The fourth-order valence-electron chi connectivity index (χ4n) is 1.89. The molecule has 2 aromatic rings. The lowest BCUT2D eigenvalue weighted by Gasteiger charge is -2.13. The van der Waals surface area contributed by atoms with E-state index in [9.17, 15) is 9.59 Å². The Labute approximate surface area is 127 Å². The second-order valence-electron chi connectivity index (χ2n) is 4.49. The largest absolute Gasteiger partial charge is 0.465 e. The van der Waals surface area contributed by atoms with Crippen LogP contribution in [0.25, 0.3) is 11.0 Å². The van der Waals surface area contributed by atoms with E-state index in [1.165, 1.54) is 6.92 Å². The van der Waals surface area contributed by atoms with Crippen molar-refractivity contribution in [3.63, 3.8) is 0 Å². The van der Waals surface area contributed by atoms with Crippen molar-refractivity contribution in [3.05, 3.63) is 23.8 Å². The van der Waals surface area contributed by atoms with Gasteiger partial charge in [0.2, 0.25) is 6.29 Å². The summed E-state index contributed by atoms with van der Waals surface area (Å²) in [6, 6.07) is 5.41. The number of rotatable bonds is 6. The first-order valence-corrected chi connectivity index (χ1v) is 7.07. The van der Waals surface area contributed by atoms with Crippen LogP contribution < -0.4 is 4.74 Å². The van der Waals surface area contributed by atoms with E-state index in [-0.39, 0.29) is 12.0 Å². The summed E-state index contributed by atoms with van der Waals surface area (Å²) in [5.74, 6) is -1.05. The Hall–Kier alpha value is -2.57. The molecular weight excluding hydrogens is 288 g/mol. The Morgan fingerprint density at radius 1 is 1.27 bits per heavy atom. The smallest absolute Gasteiger partial charge is 0.343 e. The van der Waals surface area contributed by atoms with Gasteiger partial charge >= 0.3 is 11.9 Å². The third-order valence-electron chi connectivity index (χ3n) is 2.85. The standard InChI is InChI=1S/C15H18N2O5/c1-4-12(18)21-9(3)22-14(19)10-7-6-8-11-13(10)17-15(16-11)20-5-2/h6-9H,4-5H2,1-3H3,(H,16,17). The van der Waals surface area contributed by atoms with Crippen LogP contribution in [0, 0.1) is 0 Å². The predicted molar refractivity (Wildman–Crippen MR) is 78.5 cm³/mol. The van der Waals surface area contributed by atoms with Crippen LogP contribution in [0.3, 0.4) is 0 Å². The van der Waals surface area contributed by atoms with Gasteiger partial charge < -0.3 is 19.2 Å². The van der Waals surface area contributed by atoms with Gasteiger partial charge in [-0.1, -0.05) is 13.0 Å². The van der Waals surface area contributed by atoms with Gasteiger partial charge in [0.15, 0.2) is 0 Å². The Morgan fingerprint density at radius 2 is 2.05 bits per heavy atom. The van der Waals surface area contributed by atoms with Crippen molar-refractivity contribution in [2.45, 2.75) is 33.5 Å². The van der Waals surface area contributed by atoms with E-state index in [2.05, 4.69) is 9.97 Å². The molecule has 0 aliphatic rings. The van der Waals surface area contributed by atoms with E-state index >= 15 is 0 Å². The zero-order valence-electron chi connectivity index (χ0n) is 12.7. The van der Waals surface area contributed by atoms with E-state index in [0.717, 1.165) is 0 Å². The maximum Gasteiger partial charge on any atom is 0.343 e. The van der Waals surface area contributed by atoms with E-state index in [0.29, 0.717) is 23.7 Å². The minimum atomic E-state index is -0.958. The van der Waals surface area contributed by atoms with Crippen molar-refractivity contribution in [1.82, 2.24) is 9.97 Å². The Balaban J connectivity index is 2.18. The van der Waals surface area contributed by atoms with Gasteiger partial charge in [-0.2, -0.15) is 4.98 Å². The number of ether oxygens (including phenoxy) is 3. The number of benzene rings is 1. The number of hydrogen-bond donors (Lipinski definition) is 1. The third-order valence-corrected chi connectivity index (χ3v) is 2.85. The molecule has 118 valence electrons. The van der Waals surface area contributed by atoms with Crippen molar-refractivity contribution in [2.75, 3.05) is 6.61 Å². The molecule has 7 heteroatoms. The zero-order valence-corrected chi connectivity index (χ0v) is 12.7. The molecule has 1 heterocycles. The van der Waals surface area contributed by atoms with Crippen LogP contribution in [0.4, 0.5) is 0 Å². The molecule has 1 aromatic heterocycles. The molecule has 0 spiro atoms. The van der Waals surface area contributed by atoms with Gasteiger partial charge in [0.25, 0.3) is 6.01 Å². The minimum absolute atomic E-state index is 0.217. The number of carbonyl (C=O) groups is 2. The van der Waals surface area contributed by atoms with E-state index in [1.54, 1.807) is 25.1 Å². The molecule has 1 atom stereocenters. The number of fused-ring (bicyclic) bond motifs is 1. The Bertz CT molecular complexity index is 680. The predicted octanol–water partition coefficient (Wildman–Crippen LogP) is 2.42. The maximum atomic E-state index is 12.2. The van der Waals surface area contributed by atoms with Crippen LogP contribution in [0.15, 0.2) is 18.2 Å². The Morgan fingerprint density at radius 3 is 2.73 bits per heavy atom. The van der Waals surface area contributed by atoms with Gasteiger partial charge in [-0.05, 0) is 19.1 Å². The monoisotopic (exact) mass is 306 g/mol. The van der Waals surface area contributed by atoms with Crippen molar-refractivity contribution in [2.24, 2.45) is 0 Å². The number of aromatic nitrogens is 2. The van der Waals surface area contributed by atoms with Crippen LogP contribution in [0.1, 0.15) is 37.6 Å². The van der Waals surface area contributed by atoms with Gasteiger partial charge in [0, 0.05) is 13.3 Å². The number of carbonyl (C=O) groups excluding carboxylic acids is 2. The van der Waals surface area contributed by atoms with E-state index < -0.39 is 18.2 Å². The molecule has 22 heavy (non-hydrogen) atoms. The first-order chi connectivity index (χ1) is 10.5. The van der Waals surface area contributed by atoms with Crippen molar-refractivity contribution < 1.29 is 23.8 Å². The highest BCUT2D eigenvalue weighted by Gasteiger charge is 2.19. The third kappa shape index (κ3) is 3.55. The SMILES string of the molecule is CCOc1nc2c(C(=O)OC(C)OC(=O)CC)cccc2[nH]1. The number of esters is 2. The molecule has 7 nitrogen and oxygen atoms in total. The lowest BCUT2D eigenvalue weighted by atomic mass is 10.2. The molecule has 1 aromatic carbocycles. The topological polar surface area (TPSA) is 90.5 Å². The molecule has 2 rings (SSSR count). The van der Waals surface area contributed by atoms with Gasteiger partial charge in [0.05, 0.1) is 17.7 Å². The molecule has 0 aliphatic heterocycles. The summed E-state index contributed by atoms with van der Waals surface area (Å²) in [5, 5.41) is 0. The van der Waals surface area contributed by atoms with Crippen molar-refractivity contribution in [1.29, 1.82) is 0 Å². The van der Waals surface area contributed by atoms with E-state index in [1.807, 2.05) is 6.92 Å². The highest BCUT2D eigenvalue weighted by atomic mass is 16.7. The normalized spacial score (nSPS) is 12.0. The summed E-state index contributed by atoms with van der Waals surface area (Å²) in [7, 11) is 0. The number of H-pyrrole nitrogens is 1. The Kier molecular flexibility index (Phi) is 4.98.